The number of methoxy groups -OCH3 is 2. The molecule has 1 unspecified atom stereocenters. The predicted octanol–water partition coefficient (Wildman–Crippen LogP) is 2.42. The van der Waals surface area contributed by atoms with Gasteiger partial charge in [-0.25, -0.2) is 0 Å². The normalized spacial score (nSPS) is 16.3. The van der Waals surface area contributed by atoms with Crippen LogP contribution in [0.4, 0.5) is 5.69 Å². The zero-order valence-corrected chi connectivity index (χ0v) is 15.6. The molecule has 0 bridgehead atoms. The van der Waals surface area contributed by atoms with Crippen molar-refractivity contribution < 1.29 is 19.1 Å². The fourth-order valence-corrected chi connectivity index (χ4v) is 3.27. The second-order valence-corrected chi connectivity index (χ2v) is 6.46. The molecule has 1 atom stereocenters. The van der Waals surface area contributed by atoms with Crippen LogP contribution in [0.1, 0.15) is 12.0 Å². The first-order chi connectivity index (χ1) is 13.1. The number of hydrogen-bond donors (Lipinski definition) is 1. The summed E-state index contributed by atoms with van der Waals surface area (Å²) in [6.07, 6.45) is 0.908. The van der Waals surface area contributed by atoms with E-state index in [9.17, 15) is 9.59 Å². The summed E-state index contributed by atoms with van der Waals surface area (Å²) in [6.45, 7) is 0.901. The van der Waals surface area contributed by atoms with Crippen LogP contribution in [-0.2, 0) is 16.0 Å². The molecule has 6 nitrogen and oxygen atoms in total. The smallest absolute Gasteiger partial charge is 0.227 e. The number of ether oxygens (including phenoxy) is 2. The Kier molecular flexibility index (Phi) is 5.96. The molecule has 1 saturated heterocycles. The van der Waals surface area contributed by atoms with Gasteiger partial charge in [0, 0.05) is 25.2 Å². The molecule has 0 radical (unpaired) electrons. The molecule has 2 aromatic rings. The first-order valence-electron chi connectivity index (χ1n) is 8.96. The first kappa shape index (κ1) is 18.8. The van der Waals surface area contributed by atoms with Crippen LogP contribution in [0.15, 0.2) is 48.5 Å². The van der Waals surface area contributed by atoms with E-state index in [0.717, 1.165) is 22.7 Å². The zero-order valence-electron chi connectivity index (χ0n) is 15.6. The van der Waals surface area contributed by atoms with Crippen LogP contribution in [0, 0.1) is 5.92 Å². The Morgan fingerprint density at radius 1 is 1.11 bits per heavy atom. The first-order valence-corrected chi connectivity index (χ1v) is 8.96. The van der Waals surface area contributed by atoms with Crippen LogP contribution in [0.25, 0.3) is 0 Å². The van der Waals surface area contributed by atoms with Gasteiger partial charge in [-0.1, -0.05) is 18.2 Å². The van der Waals surface area contributed by atoms with Gasteiger partial charge in [0.2, 0.25) is 11.8 Å². The molecule has 2 aromatic carbocycles. The van der Waals surface area contributed by atoms with E-state index in [-0.39, 0.29) is 24.2 Å². The third-order valence-electron chi connectivity index (χ3n) is 4.77. The number of benzene rings is 2. The number of carbonyl (C=O) groups is 2. The largest absolute Gasteiger partial charge is 0.497 e. The minimum absolute atomic E-state index is 0.0370. The van der Waals surface area contributed by atoms with Gasteiger partial charge in [-0.3, -0.25) is 9.59 Å². The van der Waals surface area contributed by atoms with Crippen LogP contribution in [0.2, 0.25) is 0 Å². The van der Waals surface area contributed by atoms with Crippen LogP contribution < -0.4 is 19.7 Å². The lowest BCUT2D eigenvalue weighted by Gasteiger charge is -2.17. The molecule has 3 rings (SSSR count). The molecular weight excluding hydrogens is 344 g/mol. The van der Waals surface area contributed by atoms with E-state index in [1.165, 1.54) is 0 Å². The molecule has 0 saturated carbocycles. The molecule has 142 valence electrons. The maximum Gasteiger partial charge on any atom is 0.227 e. The molecule has 1 aliphatic rings. The van der Waals surface area contributed by atoms with Crippen molar-refractivity contribution in [3.8, 4) is 11.5 Å². The number of carbonyl (C=O) groups excluding carboxylic acids is 2. The second-order valence-electron chi connectivity index (χ2n) is 6.46. The molecule has 6 heteroatoms. The van der Waals surface area contributed by atoms with E-state index >= 15 is 0 Å². The van der Waals surface area contributed by atoms with E-state index in [1.54, 1.807) is 19.1 Å². The number of hydrogen-bond acceptors (Lipinski definition) is 4. The lowest BCUT2D eigenvalue weighted by molar-refractivity contribution is -0.126. The number of nitrogens with one attached hydrogen (secondary N) is 1. The van der Waals surface area contributed by atoms with Crippen molar-refractivity contribution in [3.63, 3.8) is 0 Å². The van der Waals surface area contributed by atoms with Crippen molar-refractivity contribution in [3.05, 3.63) is 54.1 Å². The molecule has 1 heterocycles. The highest BCUT2D eigenvalue weighted by atomic mass is 16.5. The molecule has 1 fully saturated rings. The Morgan fingerprint density at radius 3 is 2.56 bits per heavy atom. The Balaban J connectivity index is 1.54. The van der Waals surface area contributed by atoms with Gasteiger partial charge in [0.05, 0.1) is 20.1 Å². The third kappa shape index (κ3) is 4.39. The topological polar surface area (TPSA) is 67.9 Å². The van der Waals surface area contributed by atoms with E-state index in [1.807, 2.05) is 48.5 Å². The fourth-order valence-electron chi connectivity index (χ4n) is 3.27. The number of anilines is 1. The summed E-state index contributed by atoms with van der Waals surface area (Å²) >= 11 is 0. The number of rotatable bonds is 7. The molecule has 1 N–H and O–H groups in total. The predicted molar refractivity (Wildman–Crippen MR) is 103 cm³/mol. The van der Waals surface area contributed by atoms with Gasteiger partial charge < -0.3 is 19.7 Å². The van der Waals surface area contributed by atoms with Gasteiger partial charge in [-0.05, 0) is 42.3 Å². The van der Waals surface area contributed by atoms with Gasteiger partial charge in [-0.2, -0.15) is 0 Å². The zero-order chi connectivity index (χ0) is 19.2. The van der Waals surface area contributed by atoms with Crippen molar-refractivity contribution in [2.45, 2.75) is 12.8 Å². The van der Waals surface area contributed by atoms with Crippen molar-refractivity contribution >= 4 is 17.5 Å². The van der Waals surface area contributed by atoms with Crippen molar-refractivity contribution in [1.82, 2.24) is 5.32 Å². The summed E-state index contributed by atoms with van der Waals surface area (Å²) in [5.74, 6) is 1.08. The lowest BCUT2D eigenvalue weighted by atomic mass is 10.1. The Morgan fingerprint density at radius 2 is 1.85 bits per heavy atom. The van der Waals surface area contributed by atoms with E-state index in [0.29, 0.717) is 19.5 Å². The minimum Gasteiger partial charge on any atom is -0.497 e. The molecule has 0 aliphatic carbocycles. The number of nitrogens with zero attached hydrogens (tertiary/aromatic N) is 1. The van der Waals surface area contributed by atoms with Gasteiger partial charge in [-0.15, -0.1) is 0 Å². The van der Waals surface area contributed by atoms with Gasteiger partial charge in [0.1, 0.15) is 11.5 Å². The molecule has 0 aromatic heterocycles. The molecule has 2 amide bonds. The van der Waals surface area contributed by atoms with E-state index in [2.05, 4.69) is 5.32 Å². The average molecular weight is 368 g/mol. The summed E-state index contributed by atoms with van der Waals surface area (Å²) in [5, 5.41) is 2.94. The van der Waals surface area contributed by atoms with Crippen molar-refractivity contribution in [2.75, 3.05) is 32.2 Å². The van der Waals surface area contributed by atoms with Crippen molar-refractivity contribution in [2.24, 2.45) is 5.92 Å². The SMILES string of the molecule is COc1ccc(N2CC(C(=O)NCCc3ccccc3OC)CC2=O)cc1. The highest BCUT2D eigenvalue weighted by Gasteiger charge is 2.34. The minimum atomic E-state index is -0.336. The van der Waals surface area contributed by atoms with Gasteiger partial charge >= 0.3 is 0 Å². The second kappa shape index (κ2) is 8.58. The maximum absolute atomic E-state index is 12.5. The molecular formula is C21H24N2O4. The van der Waals surface area contributed by atoms with Crippen molar-refractivity contribution in [1.29, 1.82) is 0 Å². The number of para-hydroxylation sites is 1. The average Bonchev–Trinajstić information content (AvgIpc) is 3.10. The van der Waals surface area contributed by atoms with Gasteiger partial charge in [0.25, 0.3) is 0 Å². The fraction of sp³-hybridized carbons (Fsp3) is 0.333. The highest BCUT2D eigenvalue weighted by molar-refractivity contribution is 6.00. The Labute approximate surface area is 159 Å². The number of amides is 2. The molecule has 27 heavy (non-hydrogen) atoms. The monoisotopic (exact) mass is 368 g/mol. The Hall–Kier alpha value is -3.02. The van der Waals surface area contributed by atoms with E-state index < -0.39 is 0 Å². The maximum atomic E-state index is 12.5. The van der Waals surface area contributed by atoms with Crippen LogP contribution in [-0.4, -0.2) is 39.1 Å². The standard InChI is InChI=1S/C21H24N2O4/c1-26-18-9-7-17(8-10-18)23-14-16(13-20(23)24)21(25)22-12-11-15-5-3-4-6-19(15)27-2/h3-10,16H,11-14H2,1-2H3,(H,22,25). The van der Waals surface area contributed by atoms with Crippen LogP contribution >= 0.6 is 0 Å². The lowest BCUT2D eigenvalue weighted by Crippen LogP contribution is -2.34. The quantitative estimate of drug-likeness (QED) is 0.815. The summed E-state index contributed by atoms with van der Waals surface area (Å²) in [5.41, 5.74) is 1.83. The van der Waals surface area contributed by atoms with Gasteiger partial charge in [0.15, 0.2) is 0 Å². The summed E-state index contributed by atoms with van der Waals surface area (Å²) in [6, 6.07) is 15.0. The Bertz CT molecular complexity index is 804. The summed E-state index contributed by atoms with van der Waals surface area (Å²) < 4.78 is 10.5. The van der Waals surface area contributed by atoms with Crippen LogP contribution in [0.5, 0.6) is 11.5 Å². The molecule has 1 aliphatic heterocycles. The third-order valence-corrected chi connectivity index (χ3v) is 4.77. The molecule has 0 spiro atoms. The summed E-state index contributed by atoms with van der Waals surface area (Å²) in [7, 11) is 3.23. The van der Waals surface area contributed by atoms with E-state index in [4.69, 9.17) is 9.47 Å². The summed E-state index contributed by atoms with van der Waals surface area (Å²) in [4.78, 5) is 26.4. The van der Waals surface area contributed by atoms with Crippen LogP contribution in [0.3, 0.4) is 0 Å². The highest BCUT2D eigenvalue weighted by Crippen LogP contribution is 2.27.